The van der Waals surface area contributed by atoms with Gasteiger partial charge in [0.15, 0.2) is 0 Å². The molecule has 0 heterocycles. The van der Waals surface area contributed by atoms with E-state index in [1.54, 1.807) is 19.9 Å². The number of benzene rings is 2. The molecule has 33 heavy (non-hydrogen) atoms. The number of nitrogens with one attached hydrogen (secondary N) is 1. The highest BCUT2D eigenvalue weighted by atomic mass is 32.2. The van der Waals surface area contributed by atoms with Gasteiger partial charge in [0.25, 0.3) is 0 Å². The number of nitrogens with zero attached hydrogens (tertiary/aromatic N) is 3. The van der Waals surface area contributed by atoms with Crippen LogP contribution in [0.15, 0.2) is 42.5 Å². The van der Waals surface area contributed by atoms with Crippen molar-refractivity contribution in [3.8, 4) is 0 Å². The van der Waals surface area contributed by atoms with Gasteiger partial charge in [-0.15, -0.1) is 0 Å². The molecule has 0 fully saturated rings. The monoisotopic (exact) mass is 474 g/mol. The number of likely N-dealkylation sites (N-methyl/N-ethyl adjacent to an activating group) is 1. The van der Waals surface area contributed by atoms with Crippen LogP contribution >= 0.6 is 0 Å². The van der Waals surface area contributed by atoms with Crippen molar-refractivity contribution < 1.29 is 18.0 Å². The first-order valence-electron chi connectivity index (χ1n) is 10.7. The van der Waals surface area contributed by atoms with Crippen LogP contribution in [0.2, 0.25) is 0 Å². The average Bonchev–Trinajstić information content (AvgIpc) is 2.77. The lowest BCUT2D eigenvalue weighted by Gasteiger charge is -2.33. The molecule has 0 aliphatic rings. The van der Waals surface area contributed by atoms with E-state index in [4.69, 9.17) is 0 Å². The molecule has 0 radical (unpaired) electrons. The zero-order chi connectivity index (χ0) is 24.9. The van der Waals surface area contributed by atoms with Crippen LogP contribution in [0.3, 0.4) is 0 Å². The smallest absolute Gasteiger partial charge is 0.304 e. The summed E-state index contributed by atoms with van der Waals surface area (Å²) in [5, 5.41) is 2.57. The molecule has 1 N–H and O–H groups in total. The van der Waals surface area contributed by atoms with Crippen LogP contribution < -0.4 is 9.62 Å². The van der Waals surface area contributed by atoms with Crippen LogP contribution in [0.25, 0.3) is 0 Å². The maximum Gasteiger partial charge on any atom is 0.304 e. The fraction of sp³-hybridized carbons (Fsp3) is 0.417. The topological polar surface area (TPSA) is 90.0 Å². The molecule has 8 nitrogen and oxygen atoms in total. The molecule has 0 aliphatic heterocycles. The van der Waals surface area contributed by atoms with Gasteiger partial charge in [-0.05, 0) is 50.5 Å². The van der Waals surface area contributed by atoms with Crippen molar-refractivity contribution in [2.75, 3.05) is 32.0 Å². The first kappa shape index (κ1) is 26.3. The molecule has 0 aromatic heterocycles. The Bertz CT molecular complexity index is 1100. The minimum atomic E-state index is -3.97. The molecule has 2 rings (SSSR count). The van der Waals surface area contributed by atoms with Crippen LogP contribution in [0.5, 0.6) is 0 Å². The number of amides is 2. The zero-order valence-corrected chi connectivity index (χ0v) is 21.2. The molecule has 0 aliphatic carbocycles. The van der Waals surface area contributed by atoms with E-state index >= 15 is 0 Å². The number of hydrogen-bond acceptors (Lipinski definition) is 4. The Morgan fingerprint density at radius 1 is 0.970 bits per heavy atom. The highest BCUT2D eigenvalue weighted by Crippen LogP contribution is 2.26. The fourth-order valence-corrected chi connectivity index (χ4v) is 4.48. The highest BCUT2D eigenvalue weighted by Gasteiger charge is 2.33. The summed E-state index contributed by atoms with van der Waals surface area (Å²) < 4.78 is 28.6. The van der Waals surface area contributed by atoms with E-state index in [0.29, 0.717) is 5.69 Å². The maximum atomic E-state index is 13.5. The Morgan fingerprint density at radius 2 is 1.55 bits per heavy atom. The van der Waals surface area contributed by atoms with Crippen LogP contribution in [-0.2, 0) is 26.3 Å². The number of carbonyl (C=O) groups excluding carboxylic acids is 2. The SMILES string of the molecule is CNC(=O)[C@@H](C)N(Cc1ccc(C)cc1)C(=O)CN(c1cc(C)ccc1C)S(=O)(=O)N(C)C. The van der Waals surface area contributed by atoms with Gasteiger partial charge < -0.3 is 10.2 Å². The van der Waals surface area contributed by atoms with E-state index in [1.165, 1.54) is 26.0 Å². The Labute approximate surface area is 197 Å². The third-order valence-corrected chi connectivity index (χ3v) is 7.35. The molecule has 2 aromatic rings. The fourth-order valence-electron chi connectivity index (χ4n) is 3.37. The number of rotatable bonds is 9. The zero-order valence-electron chi connectivity index (χ0n) is 20.4. The summed E-state index contributed by atoms with van der Waals surface area (Å²) in [6.45, 7) is 7.01. The minimum Gasteiger partial charge on any atom is -0.357 e. The van der Waals surface area contributed by atoms with E-state index in [1.807, 2.05) is 50.2 Å². The van der Waals surface area contributed by atoms with Crippen molar-refractivity contribution in [2.24, 2.45) is 0 Å². The summed E-state index contributed by atoms with van der Waals surface area (Å²) in [7, 11) is 0.386. The third kappa shape index (κ3) is 6.33. The van der Waals surface area contributed by atoms with Gasteiger partial charge >= 0.3 is 10.2 Å². The molecule has 0 saturated carbocycles. The summed E-state index contributed by atoms with van der Waals surface area (Å²) in [6.07, 6.45) is 0. The van der Waals surface area contributed by atoms with Crippen molar-refractivity contribution in [3.05, 3.63) is 64.7 Å². The quantitative estimate of drug-likeness (QED) is 0.604. The number of carbonyl (C=O) groups is 2. The van der Waals surface area contributed by atoms with Gasteiger partial charge in [0.2, 0.25) is 11.8 Å². The van der Waals surface area contributed by atoms with E-state index in [9.17, 15) is 18.0 Å². The summed E-state index contributed by atoms with van der Waals surface area (Å²) >= 11 is 0. The highest BCUT2D eigenvalue weighted by molar-refractivity contribution is 7.90. The van der Waals surface area contributed by atoms with Crippen LogP contribution in [0, 0.1) is 20.8 Å². The van der Waals surface area contributed by atoms with Crippen molar-refractivity contribution in [1.29, 1.82) is 0 Å². The summed E-state index contributed by atoms with van der Waals surface area (Å²) in [6, 6.07) is 12.3. The average molecular weight is 475 g/mol. The second-order valence-corrected chi connectivity index (χ2v) is 10.5. The molecule has 180 valence electrons. The third-order valence-electron chi connectivity index (χ3n) is 5.54. The molecule has 2 amide bonds. The van der Waals surface area contributed by atoms with E-state index in [2.05, 4.69) is 5.32 Å². The van der Waals surface area contributed by atoms with Gasteiger partial charge in [-0.3, -0.25) is 9.59 Å². The van der Waals surface area contributed by atoms with Crippen molar-refractivity contribution in [2.45, 2.75) is 40.3 Å². The van der Waals surface area contributed by atoms with Gasteiger partial charge in [0.05, 0.1) is 5.69 Å². The second-order valence-electron chi connectivity index (χ2n) is 8.38. The molecule has 2 aromatic carbocycles. The number of anilines is 1. The normalized spacial score (nSPS) is 12.4. The van der Waals surface area contributed by atoms with E-state index < -0.39 is 28.7 Å². The predicted molar refractivity (Wildman–Crippen MR) is 131 cm³/mol. The summed E-state index contributed by atoms with van der Waals surface area (Å²) in [5.41, 5.74) is 3.95. The number of hydrogen-bond donors (Lipinski definition) is 1. The minimum absolute atomic E-state index is 0.177. The standard InChI is InChI=1S/C24H34N4O4S/c1-17-9-12-21(13-10-17)15-27(20(4)24(30)25-5)23(29)16-28(33(31,32)26(6)7)22-14-18(2)8-11-19(22)3/h8-14,20H,15-16H2,1-7H3,(H,25,30)/t20-/m1/s1. The van der Waals surface area contributed by atoms with Gasteiger partial charge in [-0.25, -0.2) is 4.31 Å². The van der Waals surface area contributed by atoms with Crippen LogP contribution in [-0.4, -0.2) is 63.2 Å². The molecular formula is C24H34N4O4S. The van der Waals surface area contributed by atoms with E-state index in [-0.39, 0.29) is 12.5 Å². The van der Waals surface area contributed by atoms with Crippen LogP contribution in [0.4, 0.5) is 5.69 Å². The Morgan fingerprint density at radius 3 is 2.09 bits per heavy atom. The Hall–Kier alpha value is -2.91. The molecular weight excluding hydrogens is 440 g/mol. The van der Waals surface area contributed by atoms with Crippen LogP contribution in [0.1, 0.15) is 29.2 Å². The first-order valence-corrected chi connectivity index (χ1v) is 12.1. The van der Waals surface area contributed by atoms with Crippen molar-refractivity contribution >= 4 is 27.7 Å². The van der Waals surface area contributed by atoms with Gasteiger partial charge in [-0.1, -0.05) is 42.0 Å². The summed E-state index contributed by atoms with van der Waals surface area (Å²) in [4.78, 5) is 27.4. The van der Waals surface area contributed by atoms with Gasteiger partial charge in [0.1, 0.15) is 12.6 Å². The van der Waals surface area contributed by atoms with Gasteiger partial charge in [-0.2, -0.15) is 12.7 Å². The first-order chi connectivity index (χ1) is 15.4. The molecule has 0 bridgehead atoms. The number of aryl methyl sites for hydroxylation is 3. The molecule has 0 saturated heterocycles. The lowest BCUT2D eigenvalue weighted by molar-refractivity contribution is -0.139. The van der Waals surface area contributed by atoms with Crippen molar-refractivity contribution in [3.63, 3.8) is 0 Å². The lowest BCUT2D eigenvalue weighted by Crippen LogP contribution is -2.52. The van der Waals surface area contributed by atoms with Gasteiger partial charge in [0, 0.05) is 27.7 Å². The molecule has 0 unspecified atom stereocenters. The summed E-state index contributed by atoms with van der Waals surface area (Å²) in [5.74, 6) is -0.803. The van der Waals surface area contributed by atoms with Crippen molar-refractivity contribution in [1.82, 2.24) is 14.5 Å². The molecule has 9 heteroatoms. The largest absolute Gasteiger partial charge is 0.357 e. The lowest BCUT2D eigenvalue weighted by atomic mass is 10.1. The van der Waals surface area contributed by atoms with E-state index in [0.717, 1.165) is 30.9 Å². The Balaban J connectivity index is 2.49. The molecule has 1 atom stereocenters. The predicted octanol–water partition coefficient (Wildman–Crippen LogP) is 2.39. The Kier molecular flexibility index (Phi) is 8.63. The second kappa shape index (κ2) is 10.8. The molecule has 0 spiro atoms. The maximum absolute atomic E-state index is 13.5.